The zero-order chi connectivity index (χ0) is 20.0. The van der Waals surface area contributed by atoms with Crippen LogP contribution in [0.3, 0.4) is 0 Å². The van der Waals surface area contributed by atoms with Gasteiger partial charge in [-0.05, 0) is 29.8 Å². The molecule has 7 heteroatoms. The van der Waals surface area contributed by atoms with Crippen molar-refractivity contribution in [1.82, 2.24) is 9.55 Å². The Morgan fingerprint density at radius 3 is 2.79 bits per heavy atom. The van der Waals surface area contributed by atoms with Gasteiger partial charge in [0, 0.05) is 20.8 Å². The molecule has 142 valence electrons. The topological polar surface area (TPSA) is 65.1 Å². The van der Waals surface area contributed by atoms with E-state index in [0.717, 1.165) is 21.0 Å². The largest absolute Gasteiger partial charge is 0.453 e. The van der Waals surface area contributed by atoms with Crippen LogP contribution in [0.2, 0.25) is 0 Å². The fraction of sp³-hybridized carbons (Fsp3) is 0.0455. The summed E-state index contributed by atoms with van der Waals surface area (Å²) in [5, 5.41) is 3.29. The van der Waals surface area contributed by atoms with Crippen LogP contribution in [0.5, 0.6) is 0 Å². The molecule has 0 aliphatic carbocycles. The minimum absolute atomic E-state index is 0.132. The molecule has 0 atom stereocenters. The quantitative estimate of drug-likeness (QED) is 0.328. The molecule has 0 radical (unpaired) electrons. The van der Waals surface area contributed by atoms with Crippen LogP contribution in [0, 0.1) is 0 Å². The SMILES string of the molecule is O=C(Cn1cnc2scc(-c3ccccc3)c2c1=O)c1cc2cc(Br)ccc2o1. The summed E-state index contributed by atoms with van der Waals surface area (Å²) in [4.78, 5) is 30.9. The van der Waals surface area contributed by atoms with Gasteiger partial charge in [-0.1, -0.05) is 46.3 Å². The van der Waals surface area contributed by atoms with Crippen molar-refractivity contribution in [2.45, 2.75) is 6.54 Å². The molecule has 3 heterocycles. The first kappa shape index (κ1) is 18.0. The third-order valence-corrected chi connectivity index (χ3v) is 6.09. The second-order valence-corrected chi connectivity index (χ2v) is 8.36. The molecule has 0 N–H and O–H groups in total. The van der Waals surface area contributed by atoms with Gasteiger partial charge in [0.1, 0.15) is 10.4 Å². The summed E-state index contributed by atoms with van der Waals surface area (Å²) in [5.41, 5.74) is 2.17. The van der Waals surface area contributed by atoms with Gasteiger partial charge < -0.3 is 4.42 Å². The van der Waals surface area contributed by atoms with Crippen LogP contribution >= 0.6 is 27.3 Å². The summed E-state index contributed by atoms with van der Waals surface area (Å²) < 4.78 is 7.90. The number of Topliss-reactive ketones (excluding diaryl/α,β-unsaturated/α-hetero) is 1. The number of halogens is 1. The molecule has 0 fully saturated rings. The molecule has 0 unspecified atom stereocenters. The van der Waals surface area contributed by atoms with E-state index in [-0.39, 0.29) is 23.6 Å². The van der Waals surface area contributed by atoms with Gasteiger partial charge in [0.2, 0.25) is 5.78 Å². The van der Waals surface area contributed by atoms with Crippen LogP contribution in [0.25, 0.3) is 32.3 Å². The number of furan rings is 1. The predicted molar refractivity (Wildman–Crippen MR) is 118 cm³/mol. The van der Waals surface area contributed by atoms with Crippen LogP contribution in [0.1, 0.15) is 10.6 Å². The van der Waals surface area contributed by atoms with Gasteiger partial charge in [-0.25, -0.2) is 4.98 Å². The van der Waals surface area contributed by atoms with Crippen LogP contribution in [0.4, 0.5) is 0 Å². The van der Waals surface area contributed by atoms with Gasteiger partial charge in [0.25, 0.3) is 5.56 Å². The lowest BCUT2D eigenvalue weighted by Gasteiger charge is -2.04. The highest BCUT2D eigenvalue weighted by Crippen LogP contribution is 2.30. The number of benzene rings is 2. The van der Waals surface area contributed by atoms with Crippen molar-refractivity contribution in [2.24, 2.45) is 0 Å². The van der Waals surface area contributed by atoms with Gasteiger partial charge in [0.15, 0.2) is 5.76 Å². The highest BCUT2D eigenvalue weighted by atomic mass is 79.9. The molecule has 0 spiro atoms. The van der Waals surface area contributed by atoms with E-state index in [2.05, 4.69) is 20.9 Å². The Kier molecular flexibility index (Phi) is 4.41. The monoisotopic (exact) mass is 464 g/mol. The first-order chi connectivity index (χ1) is 14.1. The molecule has 29 heavy (non-hydrogen) atoms. The van der Waals surface area contributed by atoms with Crippen molar-refractivity contribution in [3.8, 4) is 11.1 Å². The zero-order valence-electron chi connectivity index (χ0n) is 15.0. The predicted octanol–water partition coefficient (Wildman–Crippen LogP) is 5.52. The molecule has 0 aliphatic heterocycles. The highest BCUT2D eigenvalue weighted by Gasteiger charge is 2.17. The van der Waals surface area contributed by atoms with Gasteiger partial charge >= 0.3 is 0 Å². The smallest absolute Gasteiger partial charge is 0.263 e. The Bertz CT molecular complexity index is 1430. The molecule has 3 aromatic heterocycles. The normalized spacial score (nSPS) is 11.3. The molecule has 0 bridgehead atoms. The fourth-order valence-corrected chi connectivity index (χ4v) is 4.58. The van der Waals surface area contributed by atoms with Crippen LogP contribution in [-0.4, -0.2) is 15.3 Å². The number of hydrogen-bond acceptors (Lipinski definition) is 5. The third kappa shape index (κ3) is 3.22. The number of carbonyl (C=O) groups is 1. The maximum atomic E-state index is 13.1. The van der Waals surface area contributed by atoms with E-state index >= 15 is 0 Å². The summed E-state index contributed by atoms with van der Waals surface area (Å²) in [5.74, 6) is -0.0595. The number of fused-ring (bicyclic) bond motifs is 2. The number of ketones is 1. The van der Waals surface area contributed by atoms with Crippen molar-refractivity contribution in [1.29, 1.82) is 0 Å². The van der Waals surface area contributed by atoms with Crippen molar-refractivity contribution < 1.29 is 9.21 Å². The molecule has 0 saturated heterocycles. The minimum Gasteiger partial charge on any atom is -0.453 e. The maximum absolute atomic E-state index is 13.1. The molecular weight excluding hydrogens is 452 g/mol. The molecule has 5 nitrogen and oxygen atoms in total. The second-order valence-electron chi connectivity index (χ2n) is 6.59. The van der Waals surface area contributed by atoms with Crippen LogP contribution in [-0.2, 0) is 6.54 Å². The Balaban J connectivity index is 1.54. The Morgan fingerprint density at radius 2 is 1.97 bits per heavy atom. The Hall–Kier alpha value is -3.03. The number of rotatable bonds is 4. The number of nitrogens with zero attached hydrogens (tertiary/aromatic N) is 2. The van der Waals surface area contributed by atoms with Gasteiger partial charge in [0.05, 0.1) is 18.3 Å². The summed E-state index contributed by atoms with van der Waals surface area (Å²) in [6, 6.07) is 16.9. The standard InChI is InChI=1S/C22H13BrN2O3S/c23-15-6-7-18-14(8-15)9-19(28-18)17(26)10-25-12-24-21-20(22(25)27)16(11-29-21)13-4-2-1-3-5-13/h1-9,11-12H,10H2. The summed E-state index contributed by atoms with van der Waals surface area (Å²) in [7, 11) is 0. The van der Waals surface area contributed by atoms with E-state index in [9.17, 15) is 9.59 Å². The zero-order valence-corrected chi connectivity index (χ0v) is 17.4. The van der Waals surface area contributed by atoms with E-state index in [0.29, 0.717) is 15.8 Å². The van der Waals surface area contributed by atoms with Crippen molar-refractivity contribution in [3.05, 3.63) is 86.9 Å². The first-order valence-corrected chi connectivity index (χ1v) is 10.5. The lowest BCUT2D eigenvalue weighted by atomic mass is 10.1. The van der Waals surface area contributed by atoms with E-state index in [4.69, 9.17) is 4.42 Å². The van der Waals surface area contributed by atoms with Gasteiger partial charge in [-0.15, -0.1) is 11.3 Å². The van der Waals surface area contributed by atoms with Crippen molar-refractivity contribution in [2.75, 3.05) is 0 Å². The van der Waals surface area contributed by atoms with Gasteiger partial charge in [-0.2, -0.15) is 0 Å². The lowest BCUT2D eigenvalue weighted by molar-refractivity contribution is 0.0945. The summed E-state index contributed by atoms with van der Waals surface area (Å²) >= 11 is 4.83. The van der Waals surface area contributed by atoms with Gasteiger partial charge in [-0.3, -0.25) is 14.2 Å². The molecule has 0 aliphatic rings. The molecule has 0 saturated carbocycles. The average Bonchev–Trinajstić information content (AvgIpc) is 3.35. The van der Waals surface area contributed by atoms with E-state index < -0.39 is 0 Å². The lowest BCUT2D eigenvalue weighted by Crippen LogP contribution is -2.24. The Morgan fingerprint density at radius 1 is 1.14 bits per heavy atom. The van der Waals surface area contributed by atoms with Crippen molar-refractivity contribution >= 4 is 54.2 Å². The molecular formula is C22H13BrN2O3S. The minimum atomic E-state index is -0.280. The summed E-state index contributed by atoms with van der Waals surface area (Å²) in [6.07, 6.45) is 1.42. The number of carbonyl (C=O) groups excluding carboxylic acids is 1. The van der Waals surface area contributed by atoms with E-state index in [1.165, 1.54) is 22.2 Å². The maximum Gasteiger partial charge on any atom is 0.263 e. The van der Waals surface area contributed by atoms with E-state index in [1.54, 1.807) is 12.1 Å². The second kappa shape index (κ2) is 7.09. The average molecular weight is 465 g/mol. The molecule has 5 aromatic rings. The molecule has 5 rings (SSSR count). The Labute approximate surface area is 177 Å². The number of thiophene rings is 1. The summed E-state index contributed by atoms with van der Waals surface area (Å²) in [6.45, 7) is -0.132. The molecule has 2 aromatic carbocycles. The van der Waals surface area contributed by atoms with Crippen molar-refractivity contribution in [3.63, 3.8) is 0 Å². The van der Waals surface area contributed by atoms with Crippen LogP contribution in [0.15, 0.2) is 80.0 Å². The highest BCUT2D eigenvalue weighted by molar-refractivity contribution is 9.10. The third-order valence-electron chi connectivity index (χ3n) is 4.71. The number of aromatic nitrogens is 2. The number of hydrogen-bond donors (Lipinski definition) is 0. The first-order valence-electron chi connectivity index (χ1n) is 8.84. The fourth-order valence-electron chi connectivity index (χ4n) is 3.29. The van der Waals surface area contributed by atoms with Crippen LogP contribution < -0.4 is 5.56 Å². The van der Waals surface area contributed by atoms with E-state index in [1.807, 2.05) is 47.8 Å². The molecule has 0 amide bonds.